The van der Waals surface area contributed by atoms with Crippen LogP contribution in [0.2, 0.25) is 0 Å². The number of hydrogen-bond acceptors (Lipinski definition) is 2. The van der Waals surface area contributed by atoms with E-state index < -0.39 is 11.5 Å². The predicted molar refractivity (Wildman–Crippen MR) is 74.1 cm³/mol. The third-order valence-corrected chi connectivity index (χ3v) is 3.90. The Kier molecular flexibility index (Phi) is 6.12. The van der Waals surface area contributed by atoms with E-state index in [1.165, 1.54) is 11.3 Å². The molecule has 5 nitrogen and oxygen atoms in total. The first-order chi connectivity index (χ1) is 9.02. The lowest BCUT2D eigenvalue weighted by Crippen LogP contribution is -2.60. The molecule has 1 heterocycles. The average molecular weight is 270 g/mol. The van der Waals surface area contributed by atoms with Crippen LogP contribution in [0.4, 0.5) is 4.79 Å². The Morgan fingerprint density at radius 2 is 2.00 bits per heavy atom. The minimum Gasteiger partial charge on any atom is -0.480 e. The maximum atomic E-state index is 12.1. The average Bonchev–Trinajstić information content (AvgIpc) is 2.38. The van der Waals surface area contributed by atoms with Gasteiger partial charge in [0.05, 0.1) is 0 Å². The number of amides is 2. The first-order valence-corrected chi connectivity index (χ1v) is 7.31. The molecule has 1 aliphatic rings. The molecule has 110 valence electrons. The fourth-order valence-electron chi connectivity index (χ4n) is 2.51. The summed E-state index contributed by atoms with van der Waals surface area (Å²) in [6.07, 6.45) is 6.68. The SMILES string of the molecule is CCCCCCNC(=O)N1CCCCC1(C)C(=O)O. The zero-order valence-corrected chi connectivity index (χ0v) is 12.1. The normalized spacial score (nSPS) is 23.2. The van der Waals surface area contributed by atoms with E-state index in [2.05, 4.69) is 12.2 Å². The summed E-state index contributed by atoms with van der Waals surface area (Å²) in [5, 5.41) is 12.2. The second-order valence-corrected chi connectivity index (χ2v) is 5.48. The lowest BCUT2D eigenvalue weighted by molar-refractivity contribution is -0.150. The molecule has 5 heteroatoms. The number of piperidine rings is 1. The van der Waals surface area contributed by atoms with Crippen molar-refractivity contribution >= 4 is 12.0 Å². The van der Waals surface area contributed by atoms with Crippen molar-refractivity contribution in [2.45, 2.75) is 64.3 Å². The molecule has 0 aromatic heterocycles. The van der Waals surface area contributed by atoms with Gasteiger partial charge in [-0.05, 0) is 32.6 Å². The number of carbonyl (C=O) groups is 2. The molecule has 1 rings (SSSR count). The van der Waals surface area contributed by atoms with Crippen molar-refractivity contribution in [1.82, 2.24) is 10.2 Å². The molecule has 0 spiro atoms. The van der Waals surface area contributed by atoms with E-state index in [1.807, 2.05) is 0 Å². The summed E-state index contributed by atoms with van der Waals surface area (Å²) >= 11 is 0. The number of likely N-dealkylation sites (tertiary alicyclic amines) is 1. The van der Waals surface area contributed by atoms with Gasteiger partial charge in [-0.3, -0.25) is 0 Å². The number of carbonyl (C=O) groups excluding carboxylic acids is 1. The quantitative estimate of drug-likeness (QED) is 0.729. The van der Waals surface area contributed by atoms with Crippen LogP contribution in [0.1, 0.15) is 58.8 Å². The minimum atomic E-state index is -1.05. The molecule has 0 radical (unpaired) electrons. The van der Waals surface area contributed by atoms with Crippen LogP contribution in [0.3, 0.4) is 0 Å². The van der Waals surface area contributed by atoms with Gasteiger partial charge in [-0.25, -0.2) is 9.59 Å². The minimum absolute atomic E-state index is 0.235. The van der Waals surface area contributed by atoms with E-state index in [4.69, 9.17) is 0 Å². The van der Waals surface area contributed by atoms with Gasteiger partial charge in [0.2, 0.25) is 0 Å². The molecule has 1 unspecified atom stereocenters. The fourth-order valence-corrected chi connectivity index (χ4v) is 2.51. The number of rotatable bonds is 6. The molecule has 0 saturated carbocycles. The molecule has 0 aliphatic carbocycles. The topological polar surface area (TPSA) is 69.6 Å². The van der Waals surface area contributed by atoms with Crippen molar-refractivity contribution in [3.8, 4) is 0 Å². The van der Waals surface area contributed by atoms with Gasteiger partial charge in [-0.15, -0.1) is 0 Å². The molecule has 19 heavy (non-hydrogen) atoms. The Morgan fingerprint density at radius 1 is 1.26 bits per heavy atom. The summed E-state index contributed by atoms with van der Waals surface area (Å²) < 4.78 is 0. The predicted octanol–water partition coefficient (Wildman–Crippen LogP) is 2.61. The summed E-state index contributed by atoms with van der Waals surface area (Å²) in [7, 11) is 0. The zero-order chi connectivity index (χ0) is 14.3. The van der Waals surface area contributed by atoms with Crippen LogP contribution in [0.15, 0.2) is 0 Å². The summed E-state index contributed by atoms with van der Waals surface area (Å²) in [6.45, 7) is 4.95. The van der Waals surface area contributed by atoms with Crippen molar-refractivity contribution < 1.29 is 14.7 Å². The number of carboxylic acids is 1. The van der Waals surface area contributed by atoms with Crippen LogP contribution >= 0.6 is 0 Å². The summed E-state index contributed by atoms with van der Waals surface area (Å²) in [4.78, 5) is 25.0. The summed E-state index contributed by atoms with van der Waals surface area (Å²) in [5.74, 6) is -0.909. The maximum absolute atomic E-state index is 12.1. The second-order valence-electron chi connectivity index (χ2n) is 5.48. The molecule has 0 bridgehead atoms. The molecule has 2 amide bonds. The van der Waals surface area contributed by atoms with E-state index in [1.54, 1.807) is 6.92 Å². The van der Waals surface area contributed by atoms with Crippen molar-refractivity contribution in [3.63, 3.8) is 0 Å². The number of nitrogens with zero attached hydrogens (tertiary/aromatic N) is 1. The van der Waals surface area contributed by atoms with E-state index in [0.717, 1.165) is 32.1 Å². The highest BCUT2D eigenvalue weighted by atomic mass is 16.4. The lowest BCUT2D eigenvalue weighted by Gasteiger charge is -2.41. The summed E-state index contributed by atoms with van der Waals surface area (Å²) in [5.41, 5.74) is -1.05. The van der Waals surface area contributed by atoms with Crippen LogP contribution in [0.25, 0.3) is 0 Å². The van der Waals surface area contributed by atoms with Crippen molar-refractivity contribution in [1.29, 1.82) is 0 Å². The molecule has 1 fully saturated rings. The van der Waals surface area contributed by atoms with Crippen LogP contribution in [-0.4, -0.2) is 40.6 Å². The molecule has 0 aromatic rings. The van der Waals surface area contributed by atoms with Crippen LogP contribution in [0, 0.1) is 0 Å². The van der Waals surface area contributed by atoms with E-state index in [0.29, 0.717) is 19.5 Å². The number of aliphatic carboxylic acids is 1. The molecular weight excluding hydrogens is 244 g/mol. The van der Waals surface area contributed by atoms with Gasteiger partial charge in [0.15, 0.2) is 0 Å². The van der Waals surface area contributed by atoms with Gasteiger partial charge in [0.1, 0.15) is 5.54 Å². The standard InChI is InChI=1S/C14H26N2O3/c1-3-4-5-7-10-15-13(19)16-11-8-6-9-14(16,2)12(17)18/h3-11H2,1-2H3,(H,15,19)(H,17,18). The van der Waals surface area contributed by atoms with Crippen LogP contribution < -0.4 is 5.32 Å². The van der Waals surface area contributed by atoms with Crippen LogP contribution in [-0.2, 0) is 4.79 Å². The largest absolute Gasteiger partial charge is 0.480 e. The van der Waals surface area contributed by atoms with Crippen molar-refractivity contribution in [2.24, 2.45) is 0 Å². The smallest absolute Gasteiger partial charge is 0.329 e. The number of unbranched alkanes of at least 4 members (excludes halogenated alkanes) is 3. The van der Waals surface area contributed by atoms with Crippen LogP contribution in [0.5, 0.6) is 0 Å². The Morgan fingerprint density at radius 3 is 2.63 bits per heavy atom. The maximum Gasteiger partial charge on any atom is 0.329 e. The highest BCUT2D eigenvalue weighted by Crippen LogP contribution is 2.28. The molecular formula is C14H26N2O3. The third-order valence-electron chi connectivity index (χ3n) is 3.90. The van der Waals surface area contributed by atoms with Crippen molar-refractivity contribution in [3.05, 3.63) is 0 Å². The lowest BCUT2D eigenvalue weighted by atomic mass is 9.89. The number of urea groups is 1. The molecule has 1 atom stereocenters. The molecule has 2 N–H and O–H groups in total. The zero-order valence-electron chi connectivity index (χ0n) is 12.1. The first-order valence-electron chi connectivity index (χ1n) is 7.31. The second kappa shape index (κ2) is 7.36. The Bertz CT molecular complexity index is 320. The molecule has 0 aromatic carbocycles. The number of carboxylic acid groups (broad SMARTS) is 1. The molecule has 1 aliphatic heterocycles. The number of nitrogens with one attached hydrogen (secondary N) is 1. The Balaban J connectivity index is 2.47. The van der Waals surface area contributed by atoms with Gasteiger partial charge < -0.3 is 15.3 Å². The summed E-state index contributed by atoms with van der Waals surface area (Å²) in [6, 6.07) is -0.235. The van der Waals surface area contributed by atoms with E-state index in [-0.39, 0.29) is 6.03 Å². The van der Waals surface area contributed by atoms with E-state index >= 15 is 0 Å². The molecule has 1 saturated heterocycles. The number of hydrogen-bond donors (Lipinski definition) is 2. The highest BCUT2D eigenvalue weighted by molar-refractivity contribution is 5.86. The monoisotopic (exact) mass is 270 g/mol. The van der Waals surface area contributed by atoms with Gasteiger partial charge in [0, 0.05) is 13.1 Å². The van der Waals surface area contributed by atoms with E-state index in [9.17, 15) is 14.7 Å². The third kappa shape index (κ3) is 4.11. The first kappa shape index (κ1) is 15.8. The highest BCUT2D eigenvalue weighted by Gasteiger charge is 2.43. The van der Waals surface area contributed by atoms with Crippen molar-refractivity contribution in [2.75, 3.05) is 13.1 Å². The Labute approximate surface area is 115 Å². The van der Waals surface area contributed by atoms with Gasteiger partial charge in [0.25, 0.3) is 0 Å². The fraction of sp³-hybridized carbons (Fsp3) is 0.857. The Hall–Kier alpha value is -1.26. The van der Waals surface area contributed by atoms with Gasteiger partial charge in [-0.1, -0.05) is 26.2 Å². The van der Waals surface area contributed by atoms with Gasteiger partial charge >= 0.3 is 12.0 Å². The van der Waals surface area contributed by atoms with Gasteiger partial charge in [-0.2, -0.15) is 0 Å².